The molecule has 5 nitrogen and oxygen atoms in total. The van der Waals surface area contributed by atoms with E-state index in [1.54, 1.807) is 23.4 Å². The average molecular weight is 279 g/mol. The maximum absolute atomic E-state index is 4.48. The molecule has 0 aliphatic heterocycles. The van der Waals surface area contributed by atoms with Crippen LogP contribution in [0.15, 0.2) is 61.2 Å². The Bertz CT molecular complexity index is 678. The van der Waals surface area contributed by atoms with Gasteiger partial charge in [-0.1, -0.05) is 18.2 Å². The van der Waals surface area contributed by atoms with Gasteiger partial charge >= 0.3 is 0 Å². The van der Waals surface area contributed by atoms with Crippen molar-refractivity contribution in [2.24, 2.45) is 0 Å². The molecule has 0 bridgehead atoms. The van der Waals surface area contributed by atoms with Crippen molar-refractivity contribution in [3.05, 3.63) is 72.6 Å². The van der Waals surface area contributed by atoms with Crippen molar-refractivity contribution in [3.8, 4) is 5.69 Å². The van der Waals surface area contributed by atoms with Gasteiger partial charge in [-0.25, -0.2) is 9.67 Å². The third-order valence-electron chi connectivity index (χ3n) is 3.33. The minimum Gasteiger partial charge on any atom is -0.303 e. The van der Waals surface area contributed by atoms with Crippen LogP contribution in [0, 0.1) is 0 Å². The van der Waals surface area contributed by atoms with E-state index in [9.17, 15) is 0 Å². The molecule has 1 atom stereocenters. The van der Waals surface area contributed by atoms with Gasteiger partial charge in [0.25, 0.3) is 0 Å². The Kier molecular flexibility index (Phi) is 4.02. The van der Waals surface area contributed by atoms with Gasteiger partial charge in [0.2, 0.25) is 0 Å². The minimum absolute atomic E-state index is 0.233. The number of para-hydroxylation sites is 1. The molecular weight excluding hydrogens is 262 g/mol. The van der Waals surface area contributed by atoms with Crippen LogP contribution in [0.3, 0.4) is 0 Å². The van der Waals surface area contributed by atoms with Gasteiger partial charge in [0, 0.05) is 18.4 Å². The standard InChI is InChI=1S/C16H17N5/c1-13(14-7-9-17-10-8-14)18-11-16-19-12-21(20-16)15-5-3-2-4-6-15/h2-10,12-13,18H,11H2,1H3. The Hall–Kier alpha value is -2.53. The monoisotopic (exact) mass is 279 g/mol. The van der Waals surface area contributed by atoms with Crippen molar-refractivity contribution >= 4 is 0 Å². The molecule has 0 fully saturated rings. The maximum atomic E-state index is 4.48. The number of benzene rings is 1. The molecule has 2 aromatic heterocycles. The summed E-state index contributed by atoms with van der Waals surface area (Å²) in [5.74, 6) is 0.778. The predicted molar refractivity (Wildman–Crippen MR) is 80.9 cm³/mol. The topological polar surface area (TPSA) is 55.6 Å². The van der Waals surface area contributed by atoms with E-state index in [1.165, 1.54) is 5.56 Å². The van der Waals surface area contributed by atoms with Crippen molar-refractivity contribution in [2.45, 2.75) is 19.5 Å². The van der Waals surface area contributed by atoms with Gasteiger partial charge in [-0.15, -0.1) is 5.10 Å². The van der Waals surface area contributed by atoms with E-state index in [2.05, 4.69) is 27.3 Å². The molecule has 0 saturated carbocycles. The highest BCUT2D eigenvalue weighted by Crippen LogP contribution is 2.11. The van der Waals surface area contributed by atoms with Crippen molar-refractivity contribution in [3.63, 3.8) is 0 Å². The lowest BCUT2D eigenvalue weighted by molar-refractivity contribution is 0.558. The molecule has 0 spiro atoms. The Balaban J connectivity index is 1.63. The summed E-state index contributed by atoms with van der Waals surface area (Å²) < 4.78 is 1.79. The maximum Gasteiger partial charge on any atom is 0.164 e. The Morgan fingerprint density at radius 1 is 1.10 bits per heavy atom. The molecule has 21 heavy (non-hydrogen) atoms. The van der Waals surface area contributed by atoms with Gasteiger partial charge in [-0.3, -0.25) is 4.98 Å². The zero-order valence-corrected chi connectivity index (χ0v) is 11.8. The molecule has 0 radical (unpaired) electrons. The number of aromatic nitrogens is 4. The van der Waals surface area contributed by atoms with Gasteiger partial charge in [0.05, 0.1) is 12.2 Å². The van der Waals surface area contributed by atoms with Crippen LogP contribution in [-0.4, -0.2) is 19.7 Å². The third-order valence-corrected chi connectivity index (χ3v) is 3.33. The van der Waals surface area contributed by atoms with Crippen LogP contribution < -0.4 is 5.32 Å². The summed E-state index contributed by atoms with van der Waals surface area (Å²) in [6.07, 6.45) is 5.34. The van der Waals surface area contributed by atoms with Crippen molar-refractivity contribution < 1.29 is 0 Å². The van der Waals surface area contributed by atoms with Crippen LogP contribution in [0.25, 0.3) is 5.69 Å². The third kappa shape index (κ3) is 3.32. The summed E-state index contributed by atoms with van der Waals surface area (Å²) in [6, 6.07) is 14.2. The van der Waals surface area contributed by atoms with Crippen LogP contribution in [0.1, 0.15) is 24.4 Å². The number of nitrogens with one attached hydrogen (secondary N) is 1. The summed E-state index contributed by atoms with van der Waals surface area (Å²) in [5.41, 5.74) is 2.21. The first-order valence-electron chi connectivity index (χ1n) is 6.92. The second kappa shape index (κ2) is 6.28. The normalized spacial score (nSPS) is 12.2. The van der Waals surface area contributed by atoms with E-state index >= 15 is 0 Å². The first-order chi connectivity index (χ1) is 10.3. The summed E-state index contributed by atoms with van der Waals surface area (Å²) >= 11 is 0. The van der Waals surface area contributed by atoms with Gasteiger partial charge in [0.1, 0.15) is 6.33 Å². The van der Waals surface area contributed by atoms with Gasteiger partial charge < -0.3 is 5.32 Å². The van der Waals surface area contributed by atoms with Crippen LogP contribution in [0.4, 0.5) is 0 Å². The number of hydrogen-bond acceptors (Lipinski definition) is 4. The molecule has 0 saturated heterocycles. The molecule has 1 aromatic carbocycles. The number of rotatable bonds is 5. The lowest BCUT2D eigenvalue weighted by Gasteiger charge is -2.12. The molecular formula is C16H17N5. The molecule has 1 unspecified atom stereocenters. The molecule has 0 amide bonds. The average Bonchev–Trinajstić information content (AvgIpc) is 3.03. The minimum atomic E-state index is 0.233. The van der Waals surface area contributed by atoms with Crippen LogP contribution in [-0.2, 0) is 6.54 Å². The van der Waals surface area contributed by atoms with E-state index < -0.39 is 0 Å². The molecule has 1 N–H and O–H groups in total. The molecule has 3 aromatic rings. The fraction of sp³-hybridized carbons (Fsp3) is 0.188. The van der Waals surface area contributed by atoms with Gasteiger partial charge in [-0.05, 0) is 36.8 Å². The first kappa shape index (κ1) is 13.5. The van der Waals surface area contributed by atoms with Gasteiger partial charge in [-0.2, -0.15) is 0 Å². The fourth-order valence-corrected chi connectivity index (χ4v) is 2.10. The zero-order valence-electron chi connectivity index (χ0n) is 11.8. The molecule has 2 heterocycles. The zero-order chi connectivity index (χ0) is 14.5. The first-order valence-corrected chi connectivity index (χ1v) is 6.92. The van der Waals surface area contributed by atoms with Crippen LogP contribution >= 0.6 is 0 Å². The second-order valence-corrected chi connectivity index (χ2v) is 4.82. The summed E-state index contributed by atoms with van der Waals surface area (Å²) in [7, 11) is 0. The predicted octanol–water partition coefficient (Wildman–Crippen LogP) is 2.51. The fourth-order valence-electron chi connectivity index (χ4n) is 2.10. The highest BCUT2D eigenvalue weighted by atomic mass is 15.3. The number of nitrogens with zero attached hydrogens (tertiary/aromatic N) is 4. The largest absolute Gasteiger partial charge is 0.303 e. The van der Waals surface area contributed by atoms with E-state index in [0.29, 0.717) is 6.54 Å². The van der Waals surface area contributed by atoms with Crippen LogP contribution in [0.2, 0.25) is 0 Å². The molecule has 106 valence electrons. The summed E-state index contributed by atoms with van der Waals surface area (Å²) in [5, 5.41) is 7.89. The van der Waals surface area contributed by atoms with E-state index in [1.807, 2.05) is 42.5 Å². The van der Waals surface area contributed by atoms with Crippen molar-refractivity contribution in [1.82, 2.24) is 25.1 Å². The van der Waals surface area contributed by atoms with E-state index in [-0.39, 0.29) is 6.04 Å². The lowest BCUT2D eigenvalue weighted by atomic mass is 10.1. The summed E-state index contributed by atoms with van der Waals surface area (Å²) in [6.45, 7) is 2.74. The van der Waals surface area contributed by atoms with Gasteiger partial charge in [0.15, 0.2) is 5.82 Å². The van der Waals surface area contributed by atoms with Crippen LogP contribution in [0.5, 0.6) is 0 Å². The van der Waals surface area contributed by atoms with E-state index in [4.69, 9.17) is 0 Å². The number of pyridine rings is 1. The smallest absolute Gasteiger partial charge is 0.164 e. The molecule has 0 aliphatic carbocycles. The molecule has 3 rings (SSSR count). The van der Waals surface area contributed by atoms with Crippen molar-refractivity contribution in [1.29, 1.82) is 0 Å². The Morgan fingerprint density at radius 2 is 1.86 bits per heavy atom. The molecule has 0 aliphatic rings. The Labute approximate surface area is 123 Å². The highest BCUT2D eigenvalue weighted by molar-refractivity contribution is 5.29. The van der Waals surface area contributed by atoms with Crippen molar-refractivity contribution in [2.75, 3.05) is 0 Å². The quantitative estimate of drug-likeness (QED) is 0.779. The molecule has 5 heteroatoms. The number of hydrogen-bond donors (Lipinski definition) is 1. The SMILES string of the molecule is CC(NCc1ncn(-c2ccccc2)n1)c1ccncc1. The second-order valence-electron chi connectivity index (χ2n) is 4.82. The summed E-state index contributed by atoms with van der Waals surface area (Å²) in [4.78, 5) is 8.36. The lowest BCUT2D eigenvalue weighted by Crippen LogP contribution is -2.19. The highest BCUT2D eigenvalue weighted by Gasteiger charge is 2.07. The van der Waals surface area contributed by atoms with E-state index in [0.717, 1.165) is 11.5 Å². The Morgan fingerprint density at radius 3 is 2.62 bits per heavy atom.